The van der Waals surface area contributed by atoms with Gasteiger partial charge in [-0.3, -0.25) is 0 Å². The van der Waals surface area contributed by atoms with Gasteiger partial charge in [0.25, 0.3) is 0 Å². The number of sulfonamides is 1. The van der Waals surface area contributed by atoms with Gasteiger partial charge in [0.05, 0.1) is 0 Å². The monoisotopic (exact) mass is 285 g/mol. The molecule has 0 aromatic carbocycles. The van der Waals surface area contributed by atoms with Crippen molar-refractivity contribution in [2.75, 3.05) is 18.8 Å². The van der Waals surface area contributed by atoms with Gasteiger partial charge in [-0.25, -0.2) is 13.4 Å². The molecular weight excluding hydrogens is 262 g/mol. The highest BCUT2D eigenvalue weighted by molar-refractivity contribution is 7.89. The van der Waals surface area contributed by atoms with E-state index in [-0.39, 0.29) is 10.7 Å². The Kier molecular flexibility index (Phi) is 6.24. The molecule has 1 aromatic rings. The Morgan fingerprint density at radius 2 is 1.79 bits per heavy atom. The van der Waals surface area contributed by atoms with Gasteiger partial charge in [0.15, 0.2) is 0 Å². The second-order valence-electron chi connectivity index (χ2n) is 4.50. The fourth-order valence-electron chi connectivity index (χ4n) is 1.78. The first kappa shape index (κ1) is 15.9. The topological polar surface area (TPSA) is 76.3 Å². The van der Waals surface area contributed by atoms with Crippen molar-refractivity contribution in [2.24, 2.45) is 0 Å². The van der Waals surface area contributed by atoms with Gasteiger partial charge in [-0.15, -0.1) is 0 Å². The Morgan fingerprint density at radius 1 is 1.21 bits per heavy atom. The highest BCUT2D eigenvalue weighted by atomic mass is 32.2. The third-order valence-corrected chi connectivity index (χ3v) is 4.89. The Labute approximate surface area is 115 Å². The van der Waals surface area contributed by atoms with Crippen LogP contribution in [0, 0.1) is 0 Å². The summed E-state index contributed by atoms with van der Waals surface area (Å²) in [4.78, 5) is 3.97. The summed E-state index contributed by atoms with van der Waals surface area (Å²) in [6, 6.07) is 3.11. The molecule has 1 aromatic heterocycles. The van der Waals surface area contributed by atoms with Gasteiger partial charge in [-0.2, -0.15) is 4.31 Å². The molecule has 0 aliphatic carbocycles. The van der Waals surface area contributed by atoms with Crippen LogP contribution in [0.25, 0.3) is 0 Å². The summed E-state index contributed by atoms with van der Waals surface area (Å²) >= 11 is 0. The van der Waals surface area contributed by atoms with E-state index < -0.39 is 10.0 Å². The molecule has 6 heteroatoms. The van der Waals surface area contributed by atoms with E-state index >= 15 is 0 Å². The van der Waals surface area contributed by atoms with Crippen molar-refractivity contribution in [2.45, 2.75) is 44.4 Å². The van der Waals surface area contributed by atoms with Gasteiger partial charge >= 0.3 is 0 Å². The van der Waals surface area contributed by atoms with Crippen molar-refractivity contribution < 1.29 is 8.42 Å². The zero-order chi connectivity index (χ0) is 14.3. The second-order valence-corrected chi connectivity index (χ2v) is 6.40. The Morgan fingerprint density at radius 3 is 2.26 bits per heavy atom. The zero-order valence-corrected chi connectivity index (χ0v) is 12.5. The van der Waals surface area contributed by atoms with Crippen LogP contribution in [0.3, 0.4) is 0 Å². The van der Waals surface area contributed by atoms with Gasteiger partial charge in [0.1, 0.15) is 10.7 Å². The molecule has 0 fully saturated rings. The van der Waals surface area contributed by atoms with Gasteiger partial charge < -0.3 is 5.73 Å². The molecule has 0 amide bonds. The van der Waals surface area contributed by atoms with Crippen LogP contribution < -0.4 is 5.73 Å². The smallest absolute Gasteiger partial charge is 0.246 e. The Hall–Kier alpha value is -1.14. The molecule has 1 heterocycles. The van der Waals surface area contributed by atoms with E-state index in [1.54, 1.807) is 6.07 Å². The minimum atomic E-state index is -3.53. The van der Waals surface area contributed by atoms with Gasteiger partial charge in [0.2, 0.25) is 10.0 Å². The molecular formula is C13H23N3O2S. The van der Waals surface area contributed by atoms with E-state index in [9.17, 15) is 8.42 Å². The SMILES string of the molecule is CCCCN(CCCC)S(=O)(=O)c1cccnc1N. The van der Waals surface area contributed by atoms with Crippen LogP contribution >= 0.6 is 0 Å². The first-order valence-corrected chi connectivity index (χ1v) is 8.18. The fraction of sp³-hybridized carbons (Fsp3) is 0.615. The Bertz CT molecular complexity index is 480. The summed E-state index contributed by atoms with van der Waals surface area (Å²) in [5, 5.41) is 0. The molecule has 0 unspecified atom stereocenters. The number of nitrogen functional groups attached to an aromatic ring is 1. The highest BCUT2D eigenvalue weighted by Gasteiger charge is 2.25. The first-order valence-electron chi connectivity index (χ1n) is 6.74. The van der Waals surface area contributed by atoms with Crippen LogP contribution in [0.1, 0.15) is 39.5 Å². The lowest BCUT2D eigenvalue weighted by Gasteiger charge is -2.22. The first-order chi connectivity index (χ1) is 9.04. The molecule has 2 N–H and O–H groups in total. The van der Waals surface area contributed by atoms with Crippen molar-refractivity contribution in [1.29, 1.82) is 0 Å². The molecule has 0 saturated heterocycles. The maximum absolute atomic E-state index is 12.6. The number of nitrogens with two attached hydrogens (primary N) is 1. The standard InChI is InChI=1S/C13H23N3O2S/c1-3-5-10-16(11-6-4-2)19(17,18)12-8-7-9-15-13(12)14/h7-9H,3-6,10-11H2,1-2H3,(H2,14,15). The molecule has 1 rings (SSSR count). The molecule has 0 bridgehead atoms. The van der Waals surface area contributed by atoms with E-state index in [2.05, 4.69) is 4.98 Å². The number of anilines is 1. The lowest BCUT2D eigenvalue weighted by Crippen LogP contribution is -2.33. The summed E-state index contributed by atoms with van der Waals surface area (Å²) in [7, 11) is -3.53. The van der Waals surface area contributed by atoms with Crippen LogP contribution in [-0.4, -0.2) is 30.8 Å². The van der Waals surface area contributed by atoms with Gasteiger partial charge in [-0.1, -0.05) is 26.7 Å². The molecule has 19 heavy (non-hydrogen) atoms. The van der Waals surface area contributed by atoms with E-state index in [0.717, 1.165) is 25.7 Å². The molecule has 5 nitrogen and oxygen atoms in total. The lowest BCUT2D eigenvalue weighted by atomic mass is 10.3. The molecule has 0 spiro atoms. The second kappa shape index (κ2) is 7.45. The third-order valence-electron chi connectivity index (χ3n) is 2.94. The predicted molar refractivity (Wildman–Crippen MR) is 77.2 cm³/mol. The summed E-state index contributed by atoms with van der Waals surface area (Å²) in [6.45, 7) is 5.16. The molecule has 108 valence electrons. The van der Waals surface area contributed by atoms with Gasteiger partial charge in [0, 0.05) is 19.3 Å². The number of rotatable bonds is 8. The van der Waals surface area contributed by atoms with E-state index in [1.807, 2.05) is 13.8 Å². The van der Waals surface area contributed by atoms with E-state index in [4.69, 9.17) is 5.73 Å². The quantitative estimate of drug-likeness (QED) is 0.795. The maximum Gasteiger partial charge on any atom is 0.246 e. The normalized spacial score (nSPS) is 11.9. The zero-order valence-electron chi connectivity index (χ0n) is 11.7. The fourth-order valence-corrected chi connectivity index (χ4v) is 3.37. The van der Waals surface area contributed by atoms with Crippen LogP contribution in [0.4, 0.5) is 5.82 Å². The van der Waals surface area contributed by atoms with Crippen LogP contribution in [0.2, 0.25) is 0 Å². The largest absolute Gasteiger partial charge is 0.383 e. The average Bonchev–Trinajstić information content (AvgIpc) is 2.39. The van der Waals surface area contributed by atoms with Crippen molar-refractivity contribution in [3.05, 3.63) is 18.3 Å². The lowest BCUT2D eigenvalue weighted by molar-refractivity contribution is 0.395. The van der Waals surface area contributed by atoms with Crippen molar-refractivity contribution in [1.82, 2.24) is 9.29 Å². The summed E-state index contributed by atoms with van der Waals surface area (Å²) < 4.78 is 26.7. The number of nitrogens with zero attached hydrogens (tertiary/aromatic N) is 2. The number of aromatic nitrogens is 1. The molecule has 0 saturated carbocycles. The number of pyridine rings is 1. The third kappa shape index (κ3) is 4.18. The molecule has 0 aliphatic rings. The minimum Gasteiger partial charge on any atom is -0.383 e. The number of hydrogen-bond donors (Lipinski definition) is 1. The van der Waals surface area contributed by atoms with Crippen LogP contribution in [-0.2, 0) is 10.0 Å². The maximum atomic E-state index is 12.6. The van der Waals surface area contributed by atoms with E-state index in [1.165, 1.54) is 16.6 Å². The summed E-state index contributed by atoms with van der Waals surface area (Å²) in [5.41, 5.74) is 5.68. The summed E-state index contributed by atoms with van der Waals surface area (Å²) in [6.07, 6.45) is 5.12. The Balaban J connectivity index is 3.01. The molecule has 0 atom stereocenters. The summed E-state index contributed by atoms with van der Waals surface area (Å²) in [5.74, 6) is 0.0699. The average molecular weight is 285 g/mol. The molecule has 0 radical (unpaired) electrons. The van der Waals surface area contributed by atoms with E-state index in [0.29, 0.717) is 13.1 Å². The van der Waals surface area contributed by atoms with Crippen LogP contribution in [0.5, 0.6) is 0 Å². The molecule has 0 aliphatic heterocycles. The number of unbranched alkanes of at least 4 members (excludes halogenated alkanes) is 2. The highest BCUT2D eigenvalue weighted by Crippen LogP contribution is 2.21. The van der Waals surface area contributed by atoms with Gasteiger partial charge in [-0.05, 0) is 25.0 Å². The van der Waals surface area contributed by atoms with Crippen LogP contribution in [0.15, 0.2) is 23.2 Å². The minimum absolute atomic E-state index is 0.0699. The van der Waals surface area contributed by atoms with Crippen molar-refractivity contribution >= 4 is 15.8 Å². The number of hydrogen-bond acceptors (Lipinski definition) is 4. The predicted octanol–water partition coefficient (Wildman–Crippen LogP) is 2.25. The van der Waals surface area contributed by atoms with Crippen molar-refractivity contribution in [3.63, 3.8) is 0 Å². The van der Waals surface area contributed by atoms with Crippen molar-refractivity contribution in [3.8, 4) is 0 Å².